The summed E-state index contributed by atoms with van der Waals surface area (Å²) in [5, 5.41) is 20.8. The lowest BCUT2D eigenvalue weighted by Crippen LogP contribution is -2.27. The van der Waals surface area contributed by atoms with E-state index in [-0.39, 0.29) is 30.5 Å². The highest BCUT2D eigenvalue weighted by Gasteiger charge is 2.22. The number of nitrogens with zero attached hydrogens (tertiary/aromatic N) is 3. The third-order valence-electron chi connectivity index (χ3n) is 5.93. The van der Waals surface area contributed by atoms with Crippen LogP contribution in [0, 0.1) is 5.82 Å². The number of halogens is 1. The van der Waals surface area contributed by atoms with Gasteiger partial charge < -0.3 is 10.2 Å². The first kappa shape index (κ1) is 30.5. The maximum Gasteiger partial charge on any atom is 0.239 e. The van der Waals surface area contributed by atoms with Crippen molar-refractivity contribution in [3.8, 4) is 11.3 Å². The number of anilines is 1. The van der Waals surface area contributed by atoms with Crippen molar-refractivity contribution < 1.29 is 27.8 Å². The number of aliphatic hydroxyl groups excluding tert-OH is 2. The summed E-state index contributed by atoms with van der Waals surface area (Å²) in [5.74, 6) is -0.629. The van der Waals surface area contributed by atoms with Crippen LogP contribution >= 0.6 is 0 Å². The van der Waals surface area contributed by atoms with Crippen molar-refractivity contribution in [2.24, 2.45) is 0 Å². The van der Waals surface area contributed by atoms with Gasteiger partial charge in [-0.25, -0.2) is 27.1 Å². The molecule has 0 fully saturated rings. The fourth-order valence-electron chi connectivity index (χ4n) is 3.78. The van der Waals surface area contributed by atoms with Gasteiger partial charge in [0, 0.05) is 37.4 Å². The minimum absolute atomic E-state index is 0.0116. The van der Waals surface area contributed by atoms with Gasteiger partial charge in [0.1, 0.15) is 11.6 Å². The van der Waals surface area contributed by atoms with Crippen molar-refractivity contribution >= 4 is 27.8 Å². The molecule has 0 amide bonds. The van der Waals surface area contributed by atoms with E-state index >= 15 is 0 Å². The number of aromatic nitrogens is 2. The van der Waals surface area contributed by atoms with Crippen LogP contribution in [0.4, 0.5) is 10.3 Å². The first-order chi connectivity index (χ1) is 17.3. The summed E-state index contributed by atoms with van der Waals surface area (Å²) in [5.41, 5.74) is 1.99. The summed E-state index contributed by atoms with van der Waals surface area (Å²) in [6, 6.07) is 5.63. The highest BCUT2D eigenvalue weighted by molar-refractivity contribution is 7.92. The molecule has 0 aliphatic carbocycles. The van der Waals surface area contributed by atoms with E-state index in [1.807, 2.05) is 13.8 Å². The molecule has 2 rings (SSSR count). The van der Waals surface area contributed by atoms with E-state index in [2.05, 4.69) is 16.9 Å². The largest absolute Gasteiger partial charge is 0.393 e. The van der Waals surface area contributed by atoms with Gasteiger partial charge in [-0.15, -0.1) is 0 Å². The Kier molecular flexibility index (Phi) is 11.3. The summed E-state index contributed by atoms with van der Waals surface area (Å²) in [6.45, 7) is 5.84. The quantitative estimate of drug-likeness (QED) is 0.343. The van der Waals surface area contributed by atoms with Gasteiger partial charge in [-0.3, -0.25) is 4.79 Å². The lowest BCUT2D eigenvalue weighted by molar-refractivity contribution is -0.121. The fraction of sp³-hybridized carbons (Fsp3) is 0.519. The molecule has 0 radical (unpaired) electrons. The predicted octanol–water partition coefficient (Wildman–Crippen LogP) is 4.47. The summed E-state index contributed by atoms with van der Waals surface area (Å²) < 4.78 is 38.9. The second-order valence-electron chi connectivity index (χ2n) is 9.58. The Labute approximate surface area is 219 Å². The van der Waals surface area contributed by atoms with Crippen LogP contribution in [0.25, 0.3) is 17.3 Å². The topological polar surface area (TPSA) is 121 Å². The van der Waals surface area contributed by atoms with E-state index in [1.54, 1.807) is 6.08 Å². The van der Waals surface area contributed by atoms with Crippen molar-refractivity contribution in [2.75, 3.05) is 17.6 Å². The van der Waals surface area contributed by atoms with Gasteiger partial charge in [-0.05, 0) is 36.6 Å². The van der Waals surface area contributed by atoms with Crippen LogP contribution in [0.2, 0.25) is 0 Å². The number of carbonyl (C=O) groups excluding carboxylic acids is 1. The van der Waals surface area contributed by atoms with Crippen LogP contribution in [0.3, 0.4) is 0 Å². The molecular weight excluding hydrogens is 497 g/mol. The molecule has 1 aromatic carbocycles. The van der Waals surface area contributed by atoms with Crippen LogP contribution in [-0.2, 0) is 14.8 Å². The molecule has 8 nitrogen and oxygen atoms in total. The average molecular weight is 536 g/mol. The maximum absolute atomic E-state index is 13.6. The fourth-order valence-corrected chi connectivity index (χ4v) is 4.16. The molecule has 0 aliphatic rings. The first-order valence-corrected chi connectivity index (χ1v) is 14.4. The second kappa shape index (κ2) is 13.7. The Hall–Kier alpha value is -2.69. The maximum atomic E-state index is 13.6. The number of ketones is 1. The molecule has 0 saturated heterocycles. The third kappa shape index (κ3) is 9.28. The van der Waals surface area contributed by atoms with Crippen molar-refractivity contribution in [3.63, 3.8) is 0 Å². The zero-order valence-electron chi connectivity index (χ0n) is 22.2. The molecule has 0 saturated carbocycles. The molecule has 2 unspecified atom stereocenters. The van der Waals surface area contributed by atoms with Crippen molar-refractivity contribution in [1.82, 2.24) is 9.97 Å². The number of aliphatic hydroxyl groups is 2. The van der Waals surface area contributed by atoms with Gasteiger partial charge in [0.2, 0.25) is 16.0 Å². The molecule has 37 heavy (non-hydrogen) atoms. The van der Waals surface area contributed by atoms with Gasteiger partial charge in [0.15, 0.2) is 0 Å². The standard InChI is InChI=1S/C27H38FN3O5S/c1-6-7-8-9-21(32)16-23(34)17-22(33)14-15-24-25(18(2)3)29-27(31(4)37(5,35)36)30-26(24)19-10-12-20(28)13-11-19/h10-15,18,22-23,33-34H,6-9,16-17H2,1-5H3/b15-14+. The predicted molar refractivity (Wildman–Crippen MR) is 144 cm³/mol. The Morgan fingerprint density at radius 1 is 1.14 bits per heavy atom. The van der Waals surface area contributed by atoms with Gasteiger partial charge in [0.25, 0.3) is 0 Å². The number of Topliss-reactive ketones (excluding diaryl/α,β-unsaturated/α-hetero) is 1. The number of sulfonamides is 1. The minimum Gasteiger partial charge on any atom is -0.393 e. The van der Waals surface area contributed by atoms with E-state index in [0.29, 0.717) is 28.9 Å². The highest BCUT2D eigenvalue weighted by Crippen LogP contribution is 2.31. The smallest absolute Gasteiger partial charge is 0.239 e. The average Bonchev–Trinajstić information content (AvgIpc) is 2.81. The second-order valence-corrected chi connectivity index (χ2v) is 11.6. The van der Waals surface area contributed by atoms with Gasteiger partial charge in [-0.2, -0.15) is 0 Å². The SMILES string of the molecule is CCCCCC(=O)CC(O)CC(O)/C=C/c1c(-c2ccc(F)cc2)nc(N(C)S(C)(=O)=O)nc1C(C)C. The highest BCUT2D eigenvalue weighted by atomic mass is 32.2. The van der Waals surface area contributed by atoms with Crippen LogP contribution in [0.15, 0.2) is 30.3 Å². The molecule has 2 N–H and O–H groups in total. The number of carbonyl (C=O) groups is 1. The Balaban J connectivity index is 2.40. The molecule has 1 aromatic heterocycles. The molecule has 204 valence electrons. The molecule has 0 spiro atoms. The Bertz CT molecular complexity index is 1180. The molecular formula is C27H38FN3O5S. The zero-order valence-corrected chi connectivity index (χ0v) is 23.0. The monoisotopic (exact) mass is 535 g/mol. The molecule has 0 bridgehead atoms. The van der Waals surface area contributed by atoms with Crippen LogP contribution in [0.5, 0.6) is 0 Å². The van der Waals surface area contributed by atoms with Gasteiger partial charge >= 0.3 is 0 Å². The van der Waals surface area contributed by atoms with Crippen molar-refractivity contribution in [2.45, 2.75) is 77.4 Å². The molecule has 0 aliphatic heterocycles. The van der Waals surface area contributed by atoms with E-state index in [4.69, 9.17) is 0 Å². The van der Waals surface area contributed by atoms with E-state index in [9.17, 15) is 27.8 Å². The van der Waals surface area contributed by atoms with E-state index < -0.39 is 28.0 Å². The number of hydrogen-bond acceptors (Lipinski definition) is 7. The van der Waals surface area contributed by atoms with Crippen LogP contribution in [0.1, 0.15) is 76.5 Å². The van der Waals surface area contributed by atoms with Crippen LogP contribution in [-0.4, -0.2) is 59.9 Å². The van der Waals surface area contributed by atoms with Gasteiger partial charge in [-0.1, -0.05) is 45.8 Å². The van der Waals surface area contributed by atoms with Crippen molar-refractivity contribution in [3.05, 3.63) is 47.4 Å². The lowest BCUT2D eigenvalue weighted by atomic mass is 9.97. The summed E-state index contributed by atoms with van der Waals surface area (Å²) in [7, 11) is -2.28. The zero-order chi connectivity index (χ0) is 27.8. The summed E-state index contributed by atoms with van der Waals surface area (Å²) in [6.07, 6.45) is 5.29. The van der Waals surface area contributed by atoms with Crippen LogP contribution < -0.4 is 4.31 Å². The number of unbranched alkanes of at least 4 members (excludes halogenated alkanes) is 2. The molecule has 2 atom stereocenters. The summed E-state index contributed by atoms with van der Waals surface area (Å²) >= 11 is 0. The number of hydrogen-bond donors (Lipinski definition) is 2. The van der Waals surface area contributed by atoms with E-state index in [1.165, 1.54) is 37.4 Å². The normalized spacial score (nSPS) is 13.8. The first-order valence-electron chi connectivity index (χ1n) is 12.5. The van der Waals surface area contributed by atoms with Gasteiger partial charge in [0.05, 0.1) is 29.9 Å². The van der Waals surface area contributed by atoms with E-state index in [0.717, 1.165) is 29.8 Å². The number of rotatable bonds is 14. The Morgan fingerprint density at radius 2 is 1.78 bits per heavy atom. The summed E-state index contributed by atoms with van der Waals surface area (Å²) in [4.78, 5) is 21.0. The lowest BCUT2D eigenvalue weighted by Gasteiger charge is -2.20. The number of benzene rings is 1. The molecule has 10 heteroatoms. The molecule has 2 aromatic rings. The van der Waals surface area contributed by atoms with Crippen molar-refractivity contribution in [1.29, 1.82) is 0 Å². The molecule has 1 heterocycles. The minimum atomic E-state index is -3.64. The Morgan fingerprint density at radius 3 is 2.35 bits per heavy atom. The third-order valence-corrected chi connectivity index (χ3v) is 7.09.